The first kappa shape index (κ1) is 23.5. The van der Waals surface area contributed by atoms with Gasteiger partial charge in [-0.05, 0) is 12.1 Å². The normalized spacial score (nSPS) is 17.6. The van der Waals surface area contributed by atoms with E-state index in [1.54, 1.807) is 5.32 Å². The summed E-state index contributed by atoms with van der Waals surface area (Å²) in [5, 5.41) is 10.6. The molecule has 0 bridgehead atoms. The number of halogens is 7. The van der Waals surface area contributed by atoms with Gasteiger partial charge in [-0.2, -0.15) is 13.2 Å². The lowest BCUT2D eigenvalue weighted by Gasteiger charge is -2.40. The Morgan fingerprint density at radius 3 is 2.23 bits per heavy atom. The fraction of sp³-hybridized carbons (Fsp3) is 0.529. The van der Waals surface area contributed by atoms with Crippen LogP contribution in [-0.4, -0.2) is 60.4 Å². The molecule has 1 aliphatic rings. The molecule has 30 heavy (non-hydrogen) atoms. The number of alkyl halides is 6. The number of carbonyl (C=O) groups excluding carboxylic acids is 1. The van der Waals surface area contributed by atoms with Gasteiger partial charge in [-0.25, -0.2) is 27.2 Å². The van der Waals surface area contributed by atoms with E-state index < -0.39 is 84.9 Å². The number of anilines is 1. The smallest absolute Gasteiger partial charge is 0.421 e. The van der Waals surface area contributed by atoms with Gasteiger partial charge in [-0.1, -0.05) is 0 Å². The van der Waals surface area contributed by atoms with Crippen molar-refractivity contribution in [1.29, 1.82) is 0 Å². The van der Waals surface area contributed by atoms with Gasteiger partial charge < -0.3 is 20.1 Å². The zero-order valence-electron chi connectivity index (χ0n) is 15.4. The van der Waals surface area contributed by atoms with Crippen molar-refractivity contribution in [1.82, 2.24) is 4.90 Å². The van der Waals surface area contributed by atoms with Crippen molar-refractivity contribution in [2.75, 3.05) is 25.5 Å². The maximum absolute atomic E-state index is 15.2. The summed E-state index contributed by atoms with van der Waals surface area (Å²) in [6.07, 6.45) is -11.7. The number of likely N-dealkylation sites (tertiary alicyclic amines) is 1. The lowest BCUT2D eigenvalue weighted by molar-refractivity contribution is -0.139. The first-order valence-corrected chi connectivity index (χ1v) is 8.50. The second-order valence-electron chi connectivity index (χ2n) is 6.63. The maximum Gasteiger partial charge on any atom is 0.421 e. The van der Waals surface area contributed by atoms with E-state index in [0.717, 1.165) is 12.0 Å². The number of esters is 1. The molecule has 1 aromatic carbocycles. The molecule has 1 fully saturated rings. The number of ether oxygens (including phenoxy) is 1. The Kier molecular flexibility index (Phi) is 6.72. The van der Waals surface area contributed by atoms with Crippen LogP contribution in [0.4, 0.5) is 41.2 Å². The summed E-state index contributed by atoms with van der Waals surface area (Å²) < 4.78 is 101. The number of piperidine rings is 1. The topological polar surface area (TPSA) is 78.9 Å². The largest absolute Gasteiger partial charge is 0.465 e. The molecule has 0 spiro atoms. The summed E-state index contributed by atoms with van der Waals surface area (Å²) >= 11 is 0. The molecule has 1 aromatic rings. The predicted molar refractivity (Wildman–Crippen MR) is 88.8 cm³/mol. The highest BCUT2D eigenvalue weighted by Gasteiger charge is 2.48. The zero-order chi connectivity index (χ0) is 22.9. The van der Waals surface area contributed by atoms with E-state index in [4.69, 9.17) is 5.11 Å². The minimum Gasteiger partial charge on any atom is -0.465 e. The second-order valence-corrected chi connectivity index (χ2v) is 6.63. The zero-order valence-corrected chi connectivity index (χ0v) is 15.4. The molecule has 1 atom stereocenters. The Balaban J connectivity index is 2.47. The molecule has 1 heterocycles. The quantitative estimate of drug-likeness (QED) is 0.525. The Hall–Kier alpha value is -2.73. The second kappa shape index (κ2) is 8.56. The number of hydrogen-bond acceptors (Lipinski definition) is 4. The SMILES string of the molecule is COC(=O)c1cc(F)c(C(F)(F)F)c(NC(C(F)F)C2(F)CCN(C(=O)O)CC2)c1. The van der Waals surface area contributed by atoms with Crippen molar-refractivity contribution < 1.29 is 50.2 Å². The van der Waals surface area contributed by atoms with Crippen molar-refractivity contribution in [2.24, 2.45) is 0 Å². The van der Waals surface area contributed by atoms with E-state index in [2.05, 4.69) is 4.74 Å². The van der Waals surface area contributed by atoms with Crippen LogP contribution >= 0.6 is 0 Å². The number of carbonyl (C=O) groups is 2. The molecule has 0 aliphatic carbocycles. The number of amides is 1. The summed E-state index contributed by atoms with van der Waals surface area (Å²) in [6.45, 7) is -0.918. The first-order valence-electron chi connectivity index (χ1n) is 8.50. The van der Waals surface area contributed by atoms with Gasteiger partial charge in [0.15, 0.2) is 0 Å². The van der Waals surface area contributed by atoms with Crippen LogP contribution < -0.4 is 5.32 Å². The lowest BCUT2D eigenvalue weighted by Crippen LogP contribution is -2.55. The average molecular weight is 446 g/mol. The minimum atomic E-state index is -5.34. The van der Waals surface area contributed by atoms with Gasteiger partial charge in [0.05, 0.1) is 18.4 Å². The Morgan fingerprint density at radius 2 is 1.80 bits per heavy atom. The number of methoxy groups -OCH3 is 1. The van der Waals surface area contributed by atoms with E-state index in [-0.39, 0.29) is 6.07 Å². The summed E-state index contributed by atoms with van der Waals surface area (Å²) in [5.74, 6) is -3.17. The Morgan fingerprint density at radius 1 is 1.23 bits per heavy atom. The van der Waals surface area contributed by atoms with E-state index in [1.807, 2.05) is 0 Å². The van der Waals surface area contributed by atoms with Crippen LogP contribution in [0.5, 0.6) is 0 Å². The standard InChI is InChI=1S/C17H17F7N2O4/c1-30-14(27)8-6-9(18)11(17(22,23)24)10(7-8)25-12(13(19)20)16(21)2-4-26(5-3-16)15(28)29/h6-7,12-13,25H,2-5H2,1H3,(H,28,29). The third kappa shape index (κ3) is 4.87. The van der Waals surface area contributed by atoms with Gasteiger partial charge in [0.1, 0.15) is 23.1 Å². The van der Waals surface area contributed by atoms with Gasteiger partial charge in [-0.3, -0.25) is 0 Å². The first-order chi connectivity index (χ1) is 13.8. The van der Waals surface area contributed by atoms with Crippen LogP contribution in [0.1, 0.15) is 28.8 Å². The van der Waals surface area contributed by atoms with Gasteiger partial charge in [0, 0.05) is 25.9 Å². The number of rotatable bonds is 5. The van der Waals surface area contributed by atoms with Crippen LogP contribution in [-0.2, 0) is 10.9 Å². The van der Waals surface area contributed by atoms with Crippen LogP contribution in [0.25, 0.3) is 0 Å². The fourth-order valence-electron chi connectivity index (χ4n) is 3.21. The molecule has 1 saturated heterocycles. The van der Waals surface area contributed by atoms with Crippen molar-refractivity contribution in [3.63, 3.8) is 0 Å². The van der Waals surface area contributed by atoms with E-state index in [0.29, 0.717) is 6.07 Å². The summed E-state index contributed by atoms with van der Waals surface area (Å²) in [5.41, 5.74) is -6.73. The molecule has 13 heteroatoms. The number of hydrogen-bond donors (Lipinski definition) is 2. The van der Waals surface area contributed by atoms with E-state index in [9.17, 15) is 35.9 Å². The van der Waals surface area contributed by atoms with Crippen LogP contribution in [0.2, 0.25) is 0 Å². The third-order valence-corrected chi connectivity index (χ3v) is 4.78. The number of nitrogens with one attached hydrogen (secondary N) is 1. The molecule has 6 nitrogen and oxygen atoms in total. The molecule has 0 aromatic heterocycles. The van der Waals surface area contributed by atoms with Crippen molar-refractivity contribution >= 4 is 17.7 Å². The van der Waals surface area contributed by atoms with Crippen molar-refractivity contribution in [2.45, 2.75) is 37.2 Å². The minimum absolute atomic E-state index is 0.230. The van der Waals surface area contributed by atoms with Crippen LogP contribution in [0.3, 0.4) is 0 Å². The Bertz CT molecular complexity index is 808. The predicted octanol–water partition coefficient (Wildman–Crippen LogP) is 4.16. The molecule has 1 amide bonds. The van der Waals surface area contributed by atoms with Crippen molar-refractivity contribution in [3.8, 4) is 0 Å². The highest BCUT2D eigenvalue weighted by atomic mass is 19.4. The third-order valence-electron chi connectivity index (χ3n) is 4.78. The molecule has 2 N–H and O–H groups in total. The lowest BCUT2D eigenvalue weighted by atomic mass is 9.85. The fourth-order valence-corrected chi connectivity index (χ4v) is 3.21. The highest BCUT2D eigenvalue weighted by Crippen LogP contribution is 2.41. The molecule has 2 rings (SSSR count). The van der Waals surface area contributed by atoms with E-state index in [1.165, 1.54) is 0 Å². The van der Waals surface area contributed by atoms with Crippen LogP contribution in [0.15, 0.2) is 12.1 Å². The van der Waals surface area contributed by atoms with Crippen molar-refractivity contribution in [3.05, 3.63) is 29.1 Å². The van der Waals surface area contributed by atoms with Gasteiger partial charge in [0.25, 0.3) is 6.43 Å². The van der Waals surface area contributed by atoms with Gasteiger partial charge >= 0.3 is 18.2 Å². The number of benzene rings is 1. The molecule has 168 valence electrons. The summed E-state index contributed by atoms with van der Waals surface area (Å²) in [4.78, 5) is 23.3. The van der Waals surface area contributed by atoms with E-state index >= 15 is 4.39 Å². The van der Waals surface area contributed by atoms with Crippen LogP contribution in [0, 0.1) is 5.82 Å². The average Bonchev–Trinajstić information content (AvgIpc) is 2.63. The highest BCUT2D eigenvalue weighted by molar-refractivity contribution is 5.91. The Labute approximate surface area is 165 Å². The summed E-state index contributed by atoms with van der Waals surface area (Å²) in [7, 11) is 0.875. The van der Waals surface area contributed by atoms with Gasteiger partial charge in [0.2, 0.25) is 0 Å². The number of nitrogens with zero attached hydrogens (tertiary/aromatic N) is 1. The molecule has 1 aliphatic heterocycles. The molecule has 0 saturated carbocycles. The number of carboxylic acid groups (broad SMARTS) is 1. The van der Waals surface area contributed by atoms with Gasteiger partial charge in [-0.15, -0.1) is 0 Å². The summed E-state index contributed by atoms with van der Waals surface area (Å²) in [6, 6.07) is -1.85. The molecular weight excluding hydrogens is 429 g/mol. The molecule has 1 unspecified atom stereocenters. The molecular formula is C17H17F7N2O4. The molecule has 0 radical (unpaired) electrons. The maximum atomic E-state index is 15.2. The monoisotopic (exact) mass is 446 g/mol.